The SMILES string of the molecule is CCCCCCCNc1ccc(C(=O)NCC)cc1. The zero-order valence-electron chi connectivity index (χ0n) is 12.2. The molecule has 0 aliphatic heterocycles. The van der Waals surface area contributed by atoms with Crippen LogP contribution in [0.5, 0.6) is 0 Å². The largest absolute Gasteiger partial charge is 0.385 e. The average molecular weight is 262 g/mol. The monoisotopic (exact) mass is 262 g/mol. The first-order chi connectivity index (χ1) is 9.27. The summed E-state index contributed by atoms with van der Waals surface area (Å²) in [5.74, 6) is -0.00591. The lowest BCUT2D eigenvalue weighted by atomic mass is 10.1. The van der Waals surface area contributed by atoms with Crippen molar-refractivity contribution in [2.45, 2.75) is 46.0 Å². The fourth-order valence-electron chi connectivity index (χ4n) is 1.96. The molecule has 3 heteroatoms. The number of hydrogen-bond acceptors (Lipinski definition) is 2. The Morgan fingerprint density at radius 2 is 1.68 bits per heavy atom. The van der Waals surface area contributed by atoms with Gasteiger partial charge in [0.2, 0.25) is 0 Å². The highest BCUT2D eigenvalue weighted by Gasteiger charge is 2.02. The van der Waals surface area contributed by atoms with Crippen molar-refractivity contribution in [1.29, 1.82) is 0 Å². The first-order valence-corrected chi connectivity index (χ1v) is 7.40. The van der Waals surface area contributed by atoms with E-state index in [-0.39, 0.29) is 5.91 Å². The Morgan fingerprint density at radius 1 is 1.00 bits per heavy atom. The topological polar surface area (TPSA) is 41.1 Å². The van der Waals surface area contributed by atoms with Crippen molar-refractivity contribution >= 4 is 11.6 Å². The Kier molecular flexibility index (Phi) is 7.71. The third kappa shape index (κ3) is 6.27. The van der Waals surface area contributed by atoms with E-state index in [4.69, 9.17) is 0 Å². The van der Waals surface area contributed by atoms with E-state index in [1.807, 2.05) is 31.2 Å². The van der Waals surface area contributed by atoms with Gasteiger partial charge in [-0.2, -0.15) is 0 Å². The quantitative estimate of drug-likeness (QED) is 0.664. The van der Waals surface area contributed by atoms with Gasteiger partial charge in [-0.25, -0.2) is 0 Å². The number of rotatable bonds is 9. The number of nitrogens with one attached hydrogen (secondary N) is 2. The van der Waals surface area contributed by atoms with Crippen LogP contribution >= 0.6 is 0 Å². The van der Waals surface area contributed by atoms with E-state index < -0.39 is 0 Å². The smallest absolute Gasteiger partial charge is 0.251 e. The molecule has 0 aliphatic rings. The number of carbonyl (C=O) groups is 1. The van der Waals surface area contributed by atoms with Gasteiger partial charge in [0, 0.05) is 24.3 Å². The Bertz CT molecular complexity index is 360. The maximum absolute atomic E-state index is 11.6. The summed E-state index contributed by atoms with van der Waals surface area (Å²) in [6.07, 6.45) is 6.44. The van der Waals surface area contributed by atoms with Crippen molar-refractivity contribution < 1.29 is 4.79 Å². The van der Waals surface area contributed by atoms with Gasteiger partial charge in [0.15, 0.2) is 0 Å². The predicted molar refractivity (Wildman–Crippen MR) is 81.7 cm³/mol. The third-order valence-corrected chi connectivity index (χ3v) is 3.09. The molecule has 0 radical (unpaired) electrons. The number of hydrogen-bond donors (Lipinski definition) is 2. The fraction of sp³-hybridized carbons (Fsp3) is 0.562. The van der Waals surface area contributed by atoms with Crippen molar-refractivity contribution in [1.82, 2.24) is 5.32 Å². The third-order valence-electron chi connectivity index (χ3n) is 3.09. The van der Waals surface area contributed by atoms with Crippen LogP contribution in [-0.2, 0) is 0 Å². The molecule has 2 N–H and O–H groups in total. The molecule has 0 saturated heterocycles. The van der Waals surface area contributed by atoms with Crippen LogP contribution in [0.25, 0.3) is 0 Å². The van der Waals surface area contributed by atoms with Crippen LogP contribution in [0.4, 0.5) is 5.69 Å². The molecule has 0 bridgehead atoms. The van der Waals surface area contributed by atoms with Gasteiger partial charge in [-0.15, -0.1) is 0 Å². The standard InChI is InChI=1S/C16H26N2O/c1-3-5-6-7-8-13-18-15-11-9-14(10-12-15)16(19)17-4-2/h9-12,18H,3-8,13H2,1-2H3,(H,17,19). The highest BCUT2D eigenvalue weighted by Crippen LogP contribution is 2.10. The Morgan fingerprint density at radius 3 is 2.32 bits per heavy atom. The number of anilines is 1. The second kappa shape index (κ2) is 9.42. The maximum Gasteiger partial charge on any atom is 0.251 e. The van der Waals surface area contributed by atoms with E-state index in [0.29, 0.717) is 6.54 Å². The zero-order valence-corrected chi connectivity index (χ0v) is 12.2. The van der Waals surface area contributed by atoms with E-state index in [9.17, 15) is 4.79 Å². The Hall–Kier alpha value is -1.51. The Labute approximate surface area is 116 Å². The van der Waals surface area contributed by atoms with E-state index in [1.165, 1.54) is 32.1 Å². The normalized spacial score (nSPS) is 10.2. The molecule has 0 aliphatic carbocycles. The predicted octanol–water partition coefficient (Wildman–Crippen LogP) is 3.82. The van der Waals surface area contributed by atoms with Crippen LogP contribution in [0, 0.1) is 0 Å². The van der Waals surface area contributed by atoms with Gasteiger partial charge in [0.1, 0.15) is 0 Å². The lowest BCUT2D eigenvalue weighted by Gasteiger charge is -2.07. The van der Waals surface area contributed by atoms with E-state index in [0.717, 1.165) is 17.8 Å². The van der Waals surface area contributed by atoms with Crippen molar-refractivity contribution in [2.75, 3.05) is 18.4 Å². The molecule has 1 aromatic carbocycles. The van der Waals surface area contributed by atoms with E-state index >= 15 is 0 Å². The molecule has 0 heterocycles. The van der Waals surface area contributed by atoms with Crippen molar-refractivity contribution in [2.24, 2.45) is 0 Å². The van der Waals surface area contributed by atoms with Crippen LogP contribution in [0.2, 0.25) is 0 Å². The molecule has 0 atom stereocenters. The van der Waals surface area contributed by atoms with Crippen molar-refractivity contribution in [3.8, 4) is 0 Å². The van der Waals surface area contributed by atoms with Gasteiger partial charge < -0.3 is 10.6 Å². The molecule has 0 fully saturated rings. The highest BCUT2D eigenvalue weighted by molar-refractivity contribution is 5.94. The molecule has 0 saturated carbocycles. The molecule has 19 heavy (non-hydrogen) atoms. The zero-order chi connectivity index (χ0) is 13.9. The summed E-state index contributed by atoms with van der Waals surface area (Å²) in [6, 6.07) is 7.67. The molecule has 0 aromatic heterocycles. The number of amides is 1. The summed E-state index contributed by atoms with van der Waals surface area (Å²) in [7, 11) is 0. The first-order valence-electron chi connectivity index (χ1n) is 7.40. The molecule has 1 aromatic rings. The van der Waals surface area contributed by atoms with Gasteiger partial charge in [-0.1, -0.05) is 32.6 Å². The van der Waals surface area contributed by atoms with Gasteiger partial charge >= 0.3 is 0 Å². The average Bonchev–Trinajstić information content (AvgIpc) is 2.43. The summed E-state index contributed by atoms with van der Waals surface area (Å²) in [5.41, 5.74) is 1.80. The van der Waals surface area contributed by atoms with Gasteiger partial charge in [0.25, 0.3) is 5.91 Å². The summed E-state index contributed by atoms with van der Waals surface area (Å²) in [4.78, 5) is 11.6. The second-order valence-corrected chi connectivity index (χ2v) is 4.78. The Balaban J connectivity index is 2.26. The van der Waals surface area contributed by atoms with E-state index in [2.05, 4.69) is 17.6 Å². The summed E-state index contributed by atoms with van der Waals surface area (Å²) in [5, 5.41) is 6.18. The molecular weight excluding hydrogens is 236 g/mol. The molecule has 0 spiro atoms. The molecule has 0 unspecified atom stereocenters. The van der Waals surface area contributed by atoms with Crippen LogP contribution < -0.4 is 10.6 Å². The van der Waals surface area contributed by atoms with Crippen molar-refractivity contribution in [3.05, 3.63) is 29.8 Å². The molecule has 106 valence electrons. The molecule has 1 amide bonds. The van der Waals surface area contributed by atoms with Crippen molar-refractivity contribution in [3.63, 3.8) is 0 Å². The molecular formula is C16H26N2O. The lowest BCUT2D eigenvalue weighted by Crippen LogP contribution is -2.22. The summed E-state index contributed by atoms with van der Waals surface area (Å²) >= 11 is 0. The van der Waals surface area contributed by atoms with Crippen LogP contribution in [0.1, 0.15) is 56.3 Å². The minimum Gasteiger partial charge on any atom is -0.385 e. The molecule has 1 rings (SSSR count). The summed E-state index contributed by atoms with van der Waals surface area (Å²) < 4.78 is 0. The minimum absolute atomic E-state index is 0.00591. The summed E-state index contributed by atoms with van der Waals surface area (Å²) in [6.45, 7) is 5.82. The number of benzene rings is 1. The van der Waals surface area contributed by atoms with E-state index in [1.54, 1.807) is 0 Å². The lowest BCUT2D eigenvalue weighted by molar-refractivity contribution is 0.0956. The van der Waals surface area contributed by atoms with Crippen LogP contribution in [0.15, 0.2) is 24.3 Å². The number of carbonyl (C=O) groups excluding carboxylic acids is 1. The molecule has 3 nitrogen and oxygen atoms in total. The first kappa shape index (κ1) is 15.5. The van der Waals surface area contributed by atoms with Crippen LogP contribution in [0.3, 0.4) is 0 Å². The minimum atomic E-state index is -0.00591. The van der Waals surface area contributed by atoms with Crippen LogP contribution in [-0.4, -0.2) is 19.0 Å². The van der Waals surface area contributed by atoms with Gasteiger partial charge in [0.05, 0.1) is 0 Å². The fourth-order valence-corrected chi connectivity index (χ4v) is 1.96. The second-order valence-electron chi connectivity index (χ2n) is 4.78. The number of unbranched alkanes of at least 4 members (excludes halogenated alkanes) is 4. The highest BCUT2D eigenvalue weighted by atomic mass is 16.1. The van der Waals surface area contributed by atoms with Gasteiger partial charge in [-0.3, -0.25) is 4.79 Å². The van der Waals surface area contributed by atoms with Gasteiger partial charge in [-0.05, 0) is 37.6 Å². The maximum atomic E-state index is 11.6.